The minimum absolute atomic E-state index is 0.0485. The fourth-order valence-corrected chi connectivity index (χ4v) is 2.71. The van der Waals surface area contributed by atoms with Crippen molar-refractivity contribution in [3.63, 3.8) is 0 Å². The molecule has 0 N–H and O–H groups in total. The van der Waals surface area contributed by atoms with Crippen molar-refractivity contribution in [2.75, 3.05) is 46.7 Å². The number of hydrogen-bond donors (Lipinski definition) is 0. The molecular weight excluding hydrogens is 273 g/mol. The standard InChI is InChI=1S/C11H20NO6P/c1-16-19(15,17-2)9-10(13)3-4-11(14)12-5-7-18-8-6-12/h3-9H2,1-2H3. The first-order valence-corrected chi connectivity index (χ1v) is 7.81. The first-order chi connectivity index (χ1) is 9.00. The lowest BCUT2D eigenvalue weighted by molar-refractivity contribution is -0.136. The van der Waals surface area contributed by atoms with Crippen LogP contribution in [-0.2, 0) is 27.9 Å². The van der Waals surface area contributed by atoms with Crippen molar-refractivity contribution in [3.8, 4) is 0 Å². The number of amides is 1. The summed E-state index contributed by atoms with van der Waals surface area (Å²) in [5.41, 5.74) is 0. The predicted octanol–water partition coefficient (Wildman–Crippen LogP) is 0.680. The Hall–Kier alpha value is -0.750. The summed E-state index contributed by atoms with van der Waals surface area (Å²) in [6, 6.07) is 0. The van der Waals surface area contributed by atoms with Crippen LogP contribution in [-0.4, -0.2) is 63.3 Å². The minimum atomic E-state index is -3.32. The van der Waals surface area contributed by atoms with E-state index in [4.69, 9.17) is 4.74 Å². The SMILES string of the molecule is COP(=O)(CC(=O)CCC(=O)N1CCOCC1)OC. The van der Waals surface area contributed by atoms with Crippen LogP contribution in [0.2, 0.25) is 0 Å². The maximum atomic E-state index is 11.8. The molecule has 1 amide bonds. The second-order valence-corrected chi connectivity index (χ2v) is 6.43. The zero-order valence-electron chi connectivity index (χ0n) is 11.3. The molecule has 1 rings (SSSR count). The summed E-state index contributed by atoms with van der Waals surface area (Å²) in [7, 11) is -0.859. The third kappa shape index (κ3) is 5.40. The number of Topliss-reactive ketones (excluding diaryl/α,β-unsaturated/α-hetero) is 1. The maximum absolute atomic E-state index is 11.8. The van der Waals surface area contributed by atoms with E-state index in [-0.39, 0.29) is 30.7 Å². The fraction of sp³-hybridized carbons (Fsp3) is 0.818. The molecule has 0 radical (unpaired) electrons. The Morgan fingerprint density at radius 2 is 1.74 bits per heavy atom. The van der Waals surface area contributed by atoms with Gasteiger partial charge in [-0.25, -0.2) is 0 Å². The van der Waals surface area contributed by atoms with Gasteiger partial charge >= 0.3 is 7.60 Å². The van der Waals surface area contributed by atoms with E-state index < -0.39 is 7.60 Å². The topological polar surface area (TPSA) is 82.1 Å². The highest BCUT2D eigenvalue weighted by molar-refractivity contribution is 7.54. The molecule has 0 unspecified atom stereocenters. The highest BCUT2D eigenvalue weighted by Crippen LogP contribution is 2.46. The van der Waals surface area contributed by atoms with Crippen LogP contribution in [0.1, 0.15) is 12.8 Å². The van der Waals surface area contributed by atoms with Crippen LogP contribution in [0.15, 0.2) is 0 Å². The molecule has 0 aromatic carbocycles. The molecule has 7 nitrogen and oxygen atoms in total. The normalized spacial score (nSPS) is 16.4. The summed E-state index contributed by atoms with van der Waals surface area (Å²) >= 11 is 0. The van der Waals surface area contributed by atoms with Gasteiger partial charge in [0.1, 0.15) is 11.9 Å². The summed E-state index contributed by atoms with van der Waals surface area (Å²) in [6.07, 6.45) is -0.129. The first kappa shape index (κ1) is 16.3. The van der Waals surface area contributed by atoms with Gasteiger partial charge in [-0.05, 0) is 0 Å². The summed E-state index contributed by atoms with van der Waals surface area (Å²) < 4.78 is 26.2. The number of carbonyl (C=O) groups excluding carboxylic acids is 2. The molecule has 110 valence electrons. The Balaban J connectivity index is 2.33. The summed E-state index contributed by atoms with van der Waals surface area (Å²) in [4.78, 5) is 25.1. The van der Waals surface area contributed by atoms with Gasteiger partial charge in [0.25, 0.3) is 0 Å². The van der Waals surface area contributed by atoms with Gasteiger partial charge in [-0.3, -0.25) is 14.2 Å². The fourth-order valence-electron chi connectivity index (χ4n) is 1.72. The van der Waals surface area contributed by atoms with Gasteiger partial charge in [-0.2, -0.15) is 0 Å². The zero-order chi connectivity index (χ0) is 14.3. The summed E-state index contributed by atoms with van der Waals surface area (Å²) in [5.74, 6) is -0.380. The molecule has 0 spiro atoms. The molecular formula is C11H20NO6P. The highest BCUT2D eigenvalue weighted by atomic mass is 31.2. The van der Waals surface area contributed by atoms with Crippen molar-refractivity contribution < 1.29 is 27.9 Å². The average Bonchev–Trinajstić information content (AvgIpc) is 2.45. The minimum Gasteiger partial charge on any atom is -0.378 e. The predicted molar refractivity (Wildman–Crippen MR) is 68.1 cm³/mol. The van der Waals surface area contributed by atoms with Gasteiger partial charge in [0.2, 0.25) is 5.91 Å². The Morgan fingerprint density at radius 1 is 1.16 bits per heavy atom. The molecule has 1 heterocycles. The van der Waals surface area contributed by atoms with E-state index >= 15 is 0 Å². The van der Waals surface area contributed by atoms with Gasteiger partial charge in [0.05, 0.1) is 13.2 Å². The number of nitrogens with zero attached hydrogens (tertiary/aromatic N) is 1. The highest BCUT2D eigenvalue weighted by Gasteiger charge is 2.26. The number of ketones is 1. The summed E-state index contributed by atoms with van der Waals surface area (Å²) in [6.45, 7) is 2.17. The largest absolute Gasteiger partial charge is 0.378 e. The molecule has 1 aliphatic rings. The van der Waals surface area contributed by atoms with Crippen molar-refractivity contribution in [3.05, 3.63) is 0 Å². The molecule has 1 fully saturated rings. The Labute approximate surface area is 112 Å². The zero-order valence-corrected chi connectivity index (χ0v) is 12.2. The molecule has 0 aromatic heterocycles. The van der Waals surface area contributed by atoms with Crippen LogP contribution in [0.4, 0.5) is 0 Å². The number of morpholine rings is 1. The molecule has 8 heteroatoms. The van der Waals surface area contributed by atoms with Gasteiger partial charge < -0.3 is 18.7 Å². The molecule has 19 heavy (non-hydrogen) atoms. The molecule has 0 aliphatic carbocycles. The Morgan fingerprint density at radius 3 is 2.26 bits per heavy atom. The molecule has 0 bridgehead atoms. The lowest BCUT2D eigenvalue weighted by atomic mass is 10.2. The van der Waals surface area contributed by atoms with Gasteiger partial charge in [-0.1, -0.05) is 0 Å². The van der Waals surface area contributed by atoms with E-state index in [9.17, 15) is 14.2 Å². The monoisotopic (exact) mass is 293 g/mol. The van der Waals surface area contributed by atoms with Gasteiger partial charge in [-0.15, -0.1) is 0 Å². The van der Waals surface area contributed by atoms with E-state index in [2.05, 4.69) is 9.05 Å². The van der Waals surface area contributed by atoms with E-state index in [1.807, 2.05) is 0 Å². The van der Waals surface area contributed by atoms with Gasteiger partial charge in [0.15, 0.2) is 0 Å². The van der Waals surface area contributed by atoms with E-state index in [0.29, 0.717) is 26.3 Å². The van der Waals surface area contributed by atoms with Crippen molar-refractivity contribution in [2.24, 2.45) is 0 Å². The quantitative estimate of drug-likeness (QED) is 0.642. The van der Waals surface area contributed by atoms with Crippen molar-refractivity contribution >= 4 is 19.3 Å². The number of rotatable bonds is 7. The molecule has 1 saturated heterocycles. The first-order valence-electron chi connectivity index (χ1n) is 6.08. The number of ether oxygens (including phenoxy) is 1. The van der Waals surface area contributed by atoms with E-state index in [0.717, 1.165) is 0 Å². The van der Waals surface area contributed by atoms with Crippen molar-refractivity contribution in [1.82, 2.24) is 4.90 Å². The maximum Gasteiger partial charge on any atom is 0.337 e. The second-order valence-electron chi connectivity index (χ2n) is 4.17. The Kier molecular flexibility index (Phi) is 6.65. The smallest absolute Gasteiger partial charge is 0.337 e. The van der Waals surface area contributed by atoms with Crippen LogP contribution in [0.3, 0.4) is 0 Å². The van der Waals surface area contributed by atoms with Crippen LogP contribution in [0.5, 0.6) is 0 Å². The van der Waals surface area contributed by atoms with E-state index in [1.54, 1.807) is 4.90 Å². The van der Waals surface area contributed by atoms with Crippen molar-refractivity contribution in [1.29, 1.82) is 0 Å². The van der Waals surface area contributed by atoms with E-state index in [1.165, 1.54) is 14.2 Å². The van der Waals surface area contributed by atoms with Crippen molar-refractivity contribution in [2.45, 2.75) is 12.8 Å². The van der Waals surface area contributed by atoms with Crippen LogP contribution < -0.4 is 0 Å². The lowest BCUT2D eigenvalue weighted by Gasteiger charge is -2.26. The third-order valence-electron chi connectivity index (χ3n) is 2.91. The number of carbonyl (C=O) groups is 2. The molecule has 0 saturated carbocycles. The van der Waals surface area contributed by atoms with Crippen LogP contribution in [0, 0.1) is 0 Å². The van der Waals surface area contributed by atoms with Gasteiger partial charge in [0, 0.05) is 40.2 Å². The molecule has 0 aromatic rings. The Bertz CT molecular complexity index is 358. The lowest BCUT2D eigenvalue weighted by Crippen LogP contribution is -2.40. The average molecular weight is 293 g/mol. The van der Waals surface area contributed by atoms with Crippen LogP contribution >= 0.6 is 7.60 Å². The molecule has 0 atom stereocenters. The third-order valence-corrected chi connectivity index (χ3v) is 4.76. The molecule has 1 aliphatic heterocycles. The summed E-state index contributed by atoms with van der Waals surface area (Å²) in [5, 5.41) is 0. The van der Waals surface area contributed by atoms with Crippen LogP contribution in [0.25, 0.3) is 0 Å². The number of hydrogen-bond acceptors (Lipinski definition) is 6. The second kappa shape index (κ2) is 7.75.